The molecule has 1 aromatic heterocycles. The van der Waals surface area contributed by atoms with Gasteiger partial charge in [-0.25, -0.2) is 9.37 Å². The molecule has 6 heteroatoms. The minimum atomic E-state index is -0.587. The van der Waals surface area contributed by atoms with Gasteiger partial charge in [-0.3, -0.25) is 14.2 Å². The normalized spacial score (nSPS) is 21.2. The molecule has 0 spiro atoms. The van der Waals surface area contributed by atoms with Crippen LogP contribution in [-0.2, 0) is 4.74 Å². The predicted octanol–water partition coefficient (Wildman–Crippen LogP) is 3.31. The highest BCUT2D eigenvalue weighted by Crippen LogP contribution is 2.38. The van der Waals surface area contributed by atoms with E-state index in [-0.39, 0.29) is 40.0 Å². The number of hydrogen-bond acceptors (Lipinski definition) is 4. The van der Waals surface area contributed by atoms with E-state index in [9.17, 15) is 14.0 Å². The lowest BCUT2D eigenvalue weighted by Crippen LogP contribution is -2.29. The third kappa shape index (κ3) is 2.55. The van der Waals surface area contributed by atoms with Crippen LogP contribution in [0.4, 0.5) is 4.39 Å². The molecule has 4 rings (SSSR count). The molecule has 0 bridgehead atoms. The van der Waals surface area contributed by atoms with E-state index in [1.807, 2.05) is 0 Å². The zero-order valence-corrected chi connectivity index (χ0v) is 13.5. The van der Waals surface area contributed by atoms with E-state index in [4.69, 9.17) is 4.74 Å². The summed E-state index contributed by atoms with van der Waals surface area (Å²) in [5.41, 5.74) is 0.172. The molecule has 1 saturated heterocycles. The van der Waals surface area contributed by atoms with Crippen molar-refractivity contribution in [1.82, 2.24) is 9.55 Å². The summed E-state index contributed by atoms with van der Waals surface area (Å²) in [5, 5.41) is 0.173. The first-order valence-corrected chi connectivity index (χ1v) is 8.44. The fourth-order valence-electron chi connectivity index (χ4n) is 3.41. The number of fused-ring (bicyclic) bond motifs is 1. The second-order valence-electron chi connectivity index (χ2n) is 6.64. The average molecular weight is 330 g/mol. The molecular weight excluding hydrogens is 311 g/mol. The standard InChI is InChI=1S/C18H19FN2O3/c1-10(22)13-8-11(19)9-14-16(13)20-17(15-4-2-3-7-24-15)21(18(14)23)12-5-6-12/h8-9,12,15H,2-7H2,1H3/t15-/m1/s1. The van der Waals surface area contributed by atoms with Gasteiger partial charge in [-0.2, -0.15) is 0 Å². The van der Waals surface area contributed by atoms with Crippen LogP contribution in [0.1, 0.15) is 67.4 Å². The topological polar surface area (TPSA) is 61.2 Å². The largest absolute Gasteiger partial charge is 0.370 e. The maximum absolute atomic E-state index is 13.9. The Balaban J connectivity index is 2.01. The highest BCUT2D eigenvalue weighted by molar-refractivity contribution is 6.05. The third-order valence-corrected chi connectivity index (χ3v) is 4.76. The molecule has 0 radical (unpaired) electrons. The lowest BCUT2D eigenvalue weighted by molar-refractivity contribution is 0.00660. The molecule has 126 valence electrons. The van der Waals surface area contributed by atoms with Crippen LogP contribution >= 0.6 is 0 Å². The van der Waals surface area contributed by atoms with Crippen molar-refractivity contribution in [3.05, 3.63) is 39.7 Å². The summed E-state index contributed by atoms with van der Waals surface area (Å²) in [6.07, 6.45) is 4.43. The molecule has 1 atom stereocenters. The Morgan fingerprint density at radius 2 is 2.08 bits per heavy atom. The number of ether oxygens (including phenoxy) is 1. The lowest BCUT2D eigenvalue weighted by atomic mass is 10.0. The first-order chi connectivity index (χ1) is 11.6. The predicted molar refractivity (Wildman–Crippen MR) is 86.8 cm³/mol. The average Bonchev–Trinajstić information content (AvgIpc) is 3.40. The van der Waals surface area contributed by atoms with Gasteiger partial charge < -0.3 is 4.74 Å². The summed E-state index contributed by atoms with van der Waals surface area (Å²) in [6.45, 7) is 2.01. The van der Waals surface area contributed by atoms with E-state index in [2.05, 4.69) is 4.98 Å². The molecule has 1 aromatic carbocycles. The number of carbonyl (C=O) groups is 1. The Morgan fingerprint density at radius 3 is 2.71 bits per heavy atom. The van der Waals surface area contributed by atoms with Crippen molar-refractivity contribution in [2.24, 2.45) is 0 Å². The summed E-state index contributed by atoms with van der Waals surface area (Å²) in [5.74, 6) is -0.300. The number of ketones is 1. The lowest BCUT2D eigenvalue weighted by Gasteiger charge is -2.25. The molecule has 24 heavy (non-hydrogen) atoms. The number of rotatable bonds is 3. The molecule has 5 nitrogen and oxygen atoms in total. The van der Waals surface area contributed by atoms with Gasteiger partial charge in [0, 0.05) is 18.2 Å². The molecule has 2 fully saturated rings. The van der Waals surface area contributed by atoms with Crippen molar-refractivity contribution in [3.8, 4) is 0 Å². The van der Waals surface area contributed by atoms with Gasteiger partial charge in [-0.05, 0) is 51.2 Å². The highest BCUT2D eigenvalue weighted by Gasteiger charge is 2.32. The van der Waals surface area contributed by atoms with Crippen LogP contribution in [0.5, 0.6) is 0 Å². The maximum Gasteiger partial charge on any atom is 0.261 e. The summed E-state index contributed by atoms with van der Waals surface area (Å²) in [6, 6.07) is 2.45. The Labute approximate surface area is 138 Å². The molecule has 0 N–H and O–H groups in total. The highest BCUT2D eigenvalue weighted by atomic mass is 19.1. The van der Waals surface area contributed by atoms with Crippen molar-refractivity contribution >= 4 is 16.7 Å². The molecule has 0 amide bonds. The van der Waals surface area contributed by atoms with Gasteiger partial charge in [0.2, 0.25) is 0 Å². The van der Waals surface area contributed by atoms with Crippen molar-refractivity contribution in [2.45, 2.75) is 51.2 Å². The zero-order chi connectivity index (χ0) is 16.8. The minimum absolute atomic E-state index is 0.110. The van der Waals surface area contributed by atoms with Crippen LogP contribution in [0, 0.1) is 5.82 Å². The van der Waals surface area contributed by atoms with E-state index in [1.54, 1.807) is 4.57 Å². The SMILES string of the molecule is CC(=O)c1cc(F)cc2c(=O)n(C3CC3)c([C@H]3CCCCO3)nc12. The maximum atomic E-state index is 13.9. The van der Waals surface area contributed by atoms with Crippen LogP contribution in [0.15, 0.2) is 16.9 Å². The summed E-state index contributed by atoms with van der Waals surface area (Å²) in [7, 11) is 0. The van der Waals surface area contributed by atoms with Crippen molar-refractivity contribution in [3.63, 3.8) is 0 Å². The van der Waals surface area contributed by atoms with Gasteiger partial charge >= 0.3 is 0 Å². The van der Waals surface area contributed by atoms with E-state index in [0.717, 1.165) is 38.2 Å². The Bertz CT molecular complexity index is 880. The van der Waals surface area contributed by atoms with Crippen molar-refractivity contribution in [1.29, 1.82) is 0 Å². The van der Waals surface area contributed by atoms with Gasteiger partial charge in [0.25, 0.3) is 5.56 Å². The number of Topliss-reactive ketones (excluding diaryl/α,β-unsaturated/α-hetero) is 1. The number of halogens is 1. The van der Waals surface area contributed by atoms with Gasteiger partial charge in [0.1, 0.15) is 17.7 Å². The number of benzene rings is 1. The van der Waals surface area contributed by atoms with E-state index in [1.165, 1.54) is 13.0 Å². The zero-order valence-electron chi connectivity index (χ0n) is 13.5. The second-order valence-corrected chi connectivity index (χ2v) is 6.64. The molecule has 1 saturated carbocycles. The molecular formula is C18H19FN2O3. The van der Waals surface area contributed by atoms with E-state index in [0.29, 0.717) is 12.4 Å². The Hall–Kier alpha value is -2.08. The van der Waals surface area contributed by atoms with Crippen LogP contribution in [0.3, 0.4) is 0 Å². The Kier molecular flexibility index (Phi) is 3.72. The number of carbonyl (C=O) groups excluding carboxylic acids is 1. The van der Waals surface area contributed by atoms with Gasteiger partial charge in [0.15, 0.2) is 5.78 Å². The monoisotopic (exact) mass is 330 g/mol. The summed E-state index contributed by atoms with van der Waals surface area (Å²) in [4.78, 5) is 29.5. The first kappa shape index (κ1) is 15.4. The molecule has 2 aliphatic rings. The quantitative estimate of drug-likeness (QED) is 0.810. The fourth-order valence-corrected chi connectivity index (χ4v) is 3.41. The van der Waals surface area contributed by atoms with Crippen molar-refractivity contribution < 1.29 is 13.9 Å². The first-order valence-electron chi connectivity index (χ1n) is 8.44. The molecule has 2 heterocycles. The number of aromatic nitrogens is 2. The van der Waals surface area contributed by atoms with Crippen LogP contribution in [0.25, 0.3) is 10.9 Å². The summed E-state index contributed by atoms with van der Waals surface area (Å²) < 4.78 is 21.4. The minimum Gasteiger partial charge on any atom is -0.370 e. The second kappa shape index (κ2) is 5.77. The number of nitrogens with zero attached hydrogens (tertiary/aromatic N) is 2. The van der Waals surface area contributed by atoms with Crippen LogP contribution in [-0.4, -0.2) is 21.9 Å². The van der Waals surface area contributed by atoms with E-state index < -0.39 is 5.82 Å². The van der Waals surface area contributed by atoms with Crippen LogP contribution < -0.4 is 5.56 Å². The smallest absolute Gasteiger partial charge is 0.261 e. The molecule has 2 aromatic rings. The molecule has 0 unspecified atom stereocenters. The van der Waals surface area contributed by atoms with Gasteiger partial charge in [-0.1, -0.05) is 0 Å². The molecule has 1 aliphatic heterocycles. The number of hydrogen-bond donors (Lipinski definition) is 0. The third-order valence-electron chi connectivity index (χ3n) is 4.76. The molecule has 1 aliphatic carbocycles. The van der Waals surface area contributed by atoms with Gasteiger partial charge in [0.05, 0.1) is 10.9 Å². The van der Waals surface area contributed by atoms with E-state index >= 15 is 0 Å². The van der Waals surface area contributed by atoms with Crippen molar-refractivity contribution in [2.75, 3.05) is 6.61 Å². The fraction of sp³-hybridized carbons (Fsp3) is 0.500. The Morgan fingerprint density at radius 1 is 1.29 bits per heavy atom. The van der Waals surface area contributed by atoms with Gasteiger partial charge in [-0.15, -0.1) is 0 Å². The van der Waals surface area contributed by atoms with Crippen LogP contribution in [0.2, 0.25) is 0 Å². The summed E-state index contributed by atoms with van der Waals surface area (Å²) >= 11 is 0.